The lowest BCUT2D eigenvalue weighted by molar-refractivity contribution is 0.321. The quantitative estimate of drug-likeness (QED) is 0.685. The van der Waals surface area contributed by atoms with Gasteiger partial charge >= 0.3 is 0 Å². The Morgan fingerprint density at radius 2 is 2.00 bits per heavy atom. The molecule has 0 aliphatic rings. The molecule has 0 aliphatic heterocycles. The summed E-state index contributed by atoms with van der Waals surface area (Å²) in [4.78, 5) is 0. The zero-order chi connectivity index (χ0) is 12.5. The van der Waals surface area contributed by atoms with Crippen LogP contribution in [0.2, 0.25) is 0 Å². The molecule has 1 rings (SSSR count). The first-order chi connectivity index (χ1) is 8.27. The zero-order valence-electron chi connectivity index (χ0n) is 10.6. The average Bonchev–Trinajstić information content (AvgIpc) is 2.32. The SMILES string of the molecule is CCOc1ccc(NCCCCNC)cc1F. The molecule has 96 valence electrons. The second-order valence-corrected chi connectivity index (χ2v) is 3.82. The van der Waals surface area contributed by atoms with E-state index in [4.69, 9.17) is 4.74 Å². The van der Waals surface area contributed by atoms with Gasteiger partial charge in [-0.3, -0.25) is 0 Å². The third-order valence-electron chi connectivity index (χ3n) is 2.41. The number of unbranched alkanes of at least 4 members (excludes halogenated alkanes) is 1. The lowest BCUT2D eigenvalue weighted by Crippen LogP contribution is -2.10. The molecule has 0 fully saturated rings. The molecule has 0 radical (unpaired) electrons. The monoisotopic (exact) mass is 240 g/mol. The summed E-state index contributed by atoms with van der Waals surface area (Å²) in [6, 6.07) is 4.98. The highest BCUT2D eigenvalue weighted by atomic mass is 19.1. The van der Waals surface area contributed by atoms with Crippen molar-refractivity contribution in [2.24, 2.45) is 0 Å². The Balaban J connectivity index is 2.36. The van der Waals surface area contributed by atoms with Crippen LogP contribution in [-0.2, 0) is 0 Å². The van der Waals surface area contributed by atoms with Gasteiger partial charge in [0.05, 0.1) is 6.61 Å². The van der Waals surface area contributed by atoms with Crippen molar-refractivity contribution >= 4 is 5.69 Å². The van der Waals surface area contributed by atoms with E-state index in [1.165, 1.54) is 6.07 Å². The molecule has 0 amide bonds. The third kappa shape index (κ3) is 5.04. The first-order valence-corrected chi connectivity index (χ1v) is 6.08. The maximum Gasteiger partial charge on any atom is 0.167 e. The van der Waals surface area contributed by atoms with Gasteiger partial charge in [-0.1, -0.05) is 0 Å². The minimum atomic E-state index is -0.313. The van der Waals surface area contributed by atoms with Gasteiger partial charge in [-0.25, -0.2) is 4.39 Å². The van der Waals surface area contributed by atoms with Gasteiger partial charge in [-0.15, -0.1) is 0 Å². The first kappa shape index (κ1) is 13.8. The molecule has 0 unspecified atom stereocenters. The van der Waals surface area contributed by atoms with Gasteiger partial charge in [-0.2, -0.15) is 0 Å². The maximum absolute atomic E-state index is 13.5. The van der Waals surface area contributed by atoms with E-state index < -0.39 is 0 Å². The summed E-state index contributed by atoms with van der Waals surface area (Å²) >= 11 is 0. The molecule has 0 saturated carbocycles. The van der Waals surface area contributed by atoms with E-state index in [9.17, 15) is 4.39 Å². The number of ether oxygens (including phenoxy) is 1. The highest BCUT2D eigenvalue weighted by Crippen LogP contribution is 2.21. The van der Waals surface area contributed by atoms with Gasteiger partial charge in [0.25, 0.3) is 0 Å². The fraction of sp³-hybridized carbons (Fsp3) is 0.538. The molecule has 0 heterocycles. The zero-order valence-corrected chi connectivity index (χ0v) is 10.6. The standard InChI is InChI=1S/C13H21FN2O/c1-3-17-13-7-6-11(10-12(13)14)16-9-5-4-8-15-2/h6-7,10,15-16H,3-5,8-9H2,1-2H3. The minimum Gasteiger partial charge on any atom is -0.491 e. The van der Waals surface area contributed by atoms with Crippen LogP contribution < -0.4 is 15.4 Å². The maximum atomic E-state index is 13.5. The Morgan fingerprint density at radius 1 is 1.24 bits per heavy atom. The van der Waals surface area contributed by atoms with Crippen molar-refractivity contribution in [3.05, 3.63) is 24.0 Å². The minimum absolute atomic E-state index is 0.313. The Bertz CT molecular complexity index is 331. The molecule has 1 aromatic carbocycles. The highest BCUT2D eigenvalue weighted by molar-refractivity contribution is 5.47. The number of hydrogen-bond donors (Lipinski definition) is 2. The fourth-order valence-electron chi connectivity index (χ4n) is 1.54. The molecule has 0 bridgehead atoms. The van der Waals surface area contributed by atoms with Crippen molar-refractivity contribution in [2.45, 2.75) is 19.8 Å². The van der Waals surface area contributed by atoms with Gasteiger partial charge < -0.3 is 15.4 Å². The smallest absolute Gasteiger partial charge is 0.167 e. The topological polar surface area (TPSA) is 33.3 Å². The summed E-state index contributed by atoms with van der Waals surface area (Å²) < 4.78 is 18.6. The van der Waals surface area contributed by atoms with Crippen LogP contribution in [0, 0.1) is 5.82 Å². The van der Waals surface area contributed by atoms with Crippen molar-refractivity contribution < 1.29 is 9.13 Å². The number of hydrogen-bond acceptors (Lipinski definition) is 3. The highest BCUT2D eigenvalue weighted by Gasteiger charge is 2.03. The summed E-state index contributed by atoms with van der Waals surface area (Å²) in [6.45, 7) is 4.19. The Kier molecular flexibility index (Phi) is 6.40. The number of halogens is 1. The predicted molar refractivity (Wildman–Crippen MR) is 69.2 cm³/mol. The molecule has 0 spiro atoms. The molecule has 1 aromatic rings. The first-order valence-electron chi connectivity index (χ1n) is 6.08. The molecule has 2 N–H and O–H groups in total. The lowest BCUT2D eigenvalue weighted by atomic mass is 10.2. The van der Waals surface area contributed by atoms with Crippen LogP contribution in [0.5, 0.6) is 5.75 Å². The molecule has 0 saturated heterocycles. The molecule has 4 heteroatoms. The summed E-state index contributed by atoms with van der Waals surface area (Å²) in [6.07, 6.45) is 2.18. The Morgan fingerprint density at radius 3 is 2.65 bits per heavy atom. The second kappa shape index (κ2) is 7.90. The van der Waals surface area contributed by atoms with Gasteiger partial charge in [0, 0.05) is 18.3 Å². The van der Waals surface area contributed by atoms with Crippen molar-refractivity contribution in [3.8, 4) is 5.75 Å². The number of rotatable bonds is 8. The van der Waals surface area contributed by atoms with Gasteiger partial charge in [-0.05, 0) is 45.5 Å². The largest absolute Gasteiger partial charge is 0.491 e. The Hall–Kier alpha value is -1.29. The van der Waals surface area contributed by atoms with Crippen molar-refractivity contribution in [1.82, 2.24) is 5.32 Å². The van der Waals surface area contributed by atoms with Crippen LogP contribution in [-0.4, -0.2) is 26.7 Å². The predicted octanol–water partition coefficient (Wildman–Crippen LogP) is 2.64. The van der Waals surface area contributed by atoms with Crippen LogP contribution >= 0.6 is 0 Å². The molecular formula is C13H21FN2O. The van der Waals surface area contributed by atoms with E-state index in [1.807, 2.05) is 20.0 Å². The van der Waals surface area contributed by atoms with Crippen LogP contribution in [0.4, 0.5) is 10.1 Å². The van der Waals surface area contributed by atoms with Crippen LogP contribution in [0.15, 0.2) is 18.2 Å². The molecule has 0 atom stereocenters. The number of benzene rings is 1. The molecule has 17 heavy (non-hydrogen) atoms. The van der Waals surface area contributed by atoms with E-state index in [2.05, 4.69) is 10.6 Å². The molecule has 0 aromatic heterocycles. The number of nitrogens with one attached hydrogen (secondary N) is 2. The average molecular weight is 240 g/mol. The molecule has 3 nitrogen and oxygen atoms in total. The summed E-state index contributed by atoms with van der Waals surface area (Å²) in [5.74, 6) is 0.000285. The van der Waals surface area contributed by atoms with E-state index >= 15 is 0 Å². The second-order valence-electron chi connectivity index (χ2n) is 3.82. The van der Waals surface area contributed by atoms with Gasteiger partial charge in [0.1, 0.15) is 0 Å². The third-order valence-corrected chi connectivity index (χ3v) is 2.41. The van der Waals surface area contributed by atoms with Crippen molar-refractivity contribution in [3.63, 3.8) is 0 Å². The van der Waals surface area contributed by atoms with Crippen molar-refractivity contribution in [2.75, 3.05) is 32.1 Å². The van der Waals surface area contributed by atoms with E-state index in [-0.39, 0.29) is 5.82 Å². The summed E-state index contributed by atoms with van der Waals surface area (Å²) in [5.41, 5.74) is 0.801. The van der Waals surface area contributed by atoms with Crippen LogP contribution in [0.1, 0.15) is 19.8 Å². The van der Waals surface area contributed by atoms with Gasteiger partial charge in [0.2, 0.25) is 0 Å². The van der Waals surface area contributed by atoms with E-state index in [0.717, 1.165) is 31.6 Å². The van der Waals surface area contributed by atoms with Gasteiger partial charge in [0.15, 0.2) is 11.6 Å². The summed E-state index contributed by atoms with van der Waals surface area (Å²) in [5, 5.41) is 6.28. The normalized spacial score (nSPS) is 10.3. The Labute approximate surface area is 102 Å². The van der Waals surface area contributed by atoms with E-state index in [0.29, 0.717) is 12.4 Å². The summed E-state index contributed by atoms with van der Waals surface area (Å²) in [7, 11) is 1.94. The van der Waals surface area contributed by atoms with Crippen LogP contribution in [0.25, 0.3) is 0 Å². The molecule has 0 aliphatic carbocycles. The van der Waals surface area contributed by atoms with E-state index in [1.54, 1.807) is 6.07 Å². The van der Waals surface area contributed by atoms with Crippen molar-refractivity contribution in [1.29, 1.82) is 0 Å². The number of anilines is 1. The molecular weight excluding hydrogens is 219 g/mol. The van der Waals surface area contributed by atoms with Crippen LogP contribution in [0.3, 0.4) is 0 Å². The fourth-order valence-corrected chi connectivity index (χ4v) is 1.54. The lowest BCUT2D eigenvalue weighted by Gasteiger charge is -2.09.